The molecule has 0 saturated heterocycles. The molecule has 1 aromatic heterocycles. The molecule has 0 unspecified atom stereocenters. The van der Waals surface area contributed by atoms with Crippen LogP contribution in [0.5, 0.6) is 0 Å². The van der Waals surface area contributed by atoms with Gasteiger partial charge in [-0.1, -0.05) is 0 Å². The molecule has 0 radical (unpaired) electrons. The van der Waals surface area contributed by atoms with Crippen LogP contribution in [0.4, 0.5) is 0 Å². The summed E-state index contributed by atoms with van der Waals surface area (Å²) in [7, 11) is 2.01. The molecule has 6 heteroatoms. The summed E-state index contributed by atoms with van der Waals surface area (Å²) < 4.78 is 0. The van der Waals surface area contributed by atoms with Crippen LogP contribution >= 0.6 is 11.8 Å². The molecule has 3 N–H and O–H groups in total. The van der Waals surface area contributed by atoms with E-state index in [1.165, 1.54) is 0 Å². The molecule has 0 atom stereocenters. The number of hydrogen-bond donors (Lipinski definition) is 2. The monoisotopic (exact) mass is 254 g/mol. The maximum absolute atomic E-state index is 11.5. The number of nitrogens with one attached hydrogen (secondary N) is 1. The summed E-state index contributed by atoms with van der Waals surface area (Å²) in [6.07, 6.45) is 3.76. The average Bonchev–Trinajstić information content (AvgIpc) is 2.36. The highest BCUT2D eigenvalue weighted by Gasteiger charge is 2.12. The Kier molecular flexibility index (Phi) is 5.96. The van der Waals surface area contributed by atoms with Crippen LogP contribution < -0.4 is 11.3 Å². The summed E-state index contributed by atoms with van der Waals surface area (Å²) in [5.74, 6) is 5.90. The number of amides is 1. The third kappa shape index (κ3) is 4.33. The molecule has 0 bridgehead atoms. The van der Waals surface area contributed by atoms with Gasteiger partial charge in [-0.15, -0.1) is 0 Å². The third-order valence-corrected chi connectivity index (χ3v) is 2.95. The second-order valence-corrected chi connectivity index (χ2v) is 4.69. The van der Waals surface area contributed by atoms with Crippen molar-refractivity contribution in [3.05, 3.63) is 29.6 Å². The first-order chi connectivity index (χ1) is 8.19. The van der Waals surface area contributed by atoms with Crippen molar-refractivity contribution >= 4 is 17.7 Å². The first kappa shape index (κ1) is 14.0. The molecule has 1 amide bonds. The van der Waals surface area contributed by atoms with E-state index in [-0.39, 0.29) is 5.91 Å². The van der Waals surface area contributed by atoms with Crippen molar-refractivity contribution in [2.45, 2.75) is 6.54 Å². The first-order valence-corrected chi connectivity index (χ1v) is 6.70. The number of thioether (sulfide) groups is 1. The van der Waals surface area contributed by atoms with Gasteiger partial charge in [-0.3, -0.25) is 20.1 Å². The molecular weight excluding hydrogens is 236 g/mol. The predicted octanol–water partition coefficient (Wildman–Crippen LogP) is 0.480. The van der Waals surface area contributed by atoms with Crippen molar-refractivity contribution in [2.75, 3.05) is 25.6 Å². The zero-order chi connectivity index (χ0) is 12.7. The van der Waals surface area contributed by atoms with Crippen LogP contribution in [0.3, 0.4) is 0 Å². The molecule has 1 rings (SSSR count). The minimum Gasteiger partial charge on any atom is -0.300 e. The van der Waals surface area contributed by atoms with Crippen LogP contribution in [-0.4, -0.2) is 41.4 Å². The molecule has 94 valence electrons. The number of hydrogen-bond acceptors (Lipinski definition) is 5. The van der Waals surface area contributed by atoms with E-state index >= 15 is 0 Å². The van der Waals surface area contributed by atoms with Crippen molar-refractivity contribution in [1.29, 1.82) is 0 Å². The van der Waals surface area contributed by atoms with E-state index in [2.05, 4.69) is 21.6 Å². The Morgan fingerprint density at radius 1 is 1.65 bits per heavy atom. The van der Waals surface area contributed by atoms with E-state index in [4.69, 9.17) is 5.84 Å². The summed E-state index contributed by atoms with van der Waals surface area (Å²) in [6.45, 7) is 1.60. The lowest BCUT2D eigenvalue weighted by molar-refractivity contribution is 0.0951. The highest BCUT2D eigenvalue weighted by Crippen LogP contribution is 2.08. The maximum atomic E-state index is 11.5. The molecule has 1 aromatic rings. The Morgan fingerprint density at radius 3 is 3.06 bits per heavy atom. The van der Waals surface area contributed by atoms with Crippen LogP contribution in [0, 0.1) is 0 Å². The fourth-order valence-electron chi connectivity index (χ4n) is 1.43. The van der Waals surface area contributed by atoms with Crippen LogP contribution in [0.1, 0.15) is 16.1 Å². The van der Waals surface area contributed by atoms with Crippen LogP contribution in [-0.2, 0) is 6.54 Å². The van der Waals surface area contributed by atoms with E-state index in [0.717, 1.165) is 18.0 Å². The standard InChI is InChI=1S/C11H18N4OS/c1-15(6-7-17-2)8-10-9(11(16)14-12)4-3-5-13-10/h3-5H,6-8,12H2,1-2H3,(H,14,16). The zero-order valence-corrected chi connectivity index (χ0v) is 11.0. The molecule has 0 fully saturated rings. The van der Waals surface area contributed by atoms with Gasteiger partial charge in [0, 0.05) is 25.0 Å². The molecule has 0 aliphatic heterocycles. The molecule has 1 heterocycles. The molecule has 0 aromatic carbocycles. The molecule has 0 spiro atoms. The van der Waals surface area contributed by atoms with Gasteiger partial charge in [0.05, 0.1) is 11.3 Å². The van der Waals surface area contributed by atoms with Gasteiger partial charge < -0.3 is 0 Å². The molecule has 17 heavy (non-hydrogen) atoms. The van der Waals surface area contributed by atoms with E-state index in [0.29, 0.717) is 12.1 Å². The van der Waals surface area contributed by atoms with Crippen molar-refractivity contribution < 1.29 is 4.79 Å². The van der Waals surface area contributed by atoms with Crippen LogP contribution in [0.25, 0.3) is 0 Å². The van der Waals surface area contributed by atoms with Crippen LogP contribution in [0.2, 0.25) is 0 Å². The number of carbonyl (C=O) groups is 1. The quantitative estimate of drug-likeness (QED) is 0.439. The number of nitrogen functional groups attached to an aromatic ring is 1. The summed E-state index contributed by atoms with van der Waals surface area (Å²) in [5, 5.41) is 0. The number of rotatable bonds is 6. The highest BCUT2D eigenvalue weighted by atomic mass is 32.2. The van der Waals surface area contributed by atoms with Gasteiger partial charge in [0.2, 0.25) is 0 Å². The lowest BCUT2D eigenvalue weighted by Crippen LogP contribution is -2.32. The Labute approximate surface area is 106 Å². The lowest BCUT2D eigenvalue weighted by atomic mass is 10.1. The smallest absolute Gasteiger partial charge is 0.267 e. The summed E-state index contributed by atoms with van der Waals surface area (Å²) >= 11 is 1.79. The largest absolute Gasteiger partial charge is 0.300 e. The molecule has 5 nitrogen and oxygen atoms in total. The lowest BCUT2D eigenvalue weighted by Gasteiger charge is -2.16. The summed E-state index contributed by atoms with van der Waals surface area (Å²) in [6, 6.07) is 3.46. The Balaban J connectivity index is 2.73. The normalized spacial score (nSPS) is 10.6. The Morgan fingerprint density at radius 2 is 2.41 bits per heavy atom. The van der Waals surface area contributed by atoms with Crippen molar-refractivity contribution in [3.63, 3.8) is 0 Å². The highest BCUT2D eigenvalue weighted by molar-refractivity contribution is 7.98. The van der Waals surface area contributed by atoms with Gasteiger partial charge in [0.15, 0.2) is 0 Å². The third-order valence-electron chi connectivity index (χ3n) is 2.36. The van der Waals surface area contributed by atoms with Crippen molar-refractivity contribution in [3.8, 4) is 0 Å². The zero-order valence-electron chi connectivity index (χ0n) is 10.1. The van der Waals surface area contributed by atoms with E-state index < -0.39 is 0 Å². The predicted molar refractivity (Wildman–Crippen MR) is 70.6 cm³/mol. The van der Waals surface area contributed by atoms with Crippen molar-refractivity contribution in [2.24, 2.45) is 5.84 Å². The fraction of sp³-hybridized carbons (Fsp3) is 0.455. The van der Waals surface area contributed by atoms with Crippen molar-refractivity contribution in [1.82, 2.24) is 15.3 Å². The number of hydrazine groups is 1. The second kappa shape index (κ2) is 7.26. The Bertz CT molecular complexity index is 372. The molecular formula is C11H18N4OS. The number of aromatic nitrogens is 1. The minimum absolute atomic E-state index is 0.300. The number of pyridine rings is 1. The summed E-state index contributed by atoms with van der Waals surface area (Å²) in [4.78, 5) is 17.9. The number of nitrogens with zero attached hydrogens (tertiary/aromatic N) is 2. The molecule has 0 aliphatic carbocycles. The van der Waals surface area contributed by atoms with Crippen LogP contribution in [0.15, 0.2) is 18.3 Å². The van der Waals surface area contributed by atoms with E-state index in [1.54, 1.807) is 30.1 Å². The average molecular weight is 254 g/mol. The maximum Gasteiger partial charge on any atom is 0.267 e. The van der Waals surface area contributed by atoms with E-state index in [1.807, 2.05) is 7.05 Å². The number of carbonyl (C=O) groups excluding carboxylic acids is 1. The SMILES string of the molecule is CSCCN(C)Cc1ncccc1C(=O)NN. The van der Waals surface area contributed by atoms with Gasteiger partial charge in [0.1, 0.15) is 0 Å². The van der Waals surface area contributed by atoms with E-state index in [9.17, 15) is 4.79 Å². The summed E-state index contributed by atoms with van der Waals surface area (Å²) in [5.41, 5.74) is 3.42. The van der Waals surface area contributed by atoms with Gasteiger partial charge in [-0.05, 0) is 25.4 Å². The van der Waals surface area contributed by atoms with Gasteiger partial charge in [-0.2, -0.15) is 11.8 Å². The fourth-order valence-corrected chi connectivity index (χ4v) is 1.92. The Hall–Kier alpha value is -1.11. The van der Waals surface area contributed by atoms with Gasteiger partial charge >= 0.3 is 0 Å². The molecule has 0 aliphatic rings. The number of nitrogens with two attached hydrogens (primary N) is 1. The topological polar surface area (TPSA) is 71.2 Å². The first-order valence-electron chi connectivity index (χ1n) is 5.31. The molecule has 0 saturated carbocycles. The van der Waals surface area contributed by atoms with Gasteiger partial charge in [0.25, 0.3) is 5.91 Å². The second-order valence-electron chi connectivity index (χ2n) is 3.70. The minimum atomic E-state index is -0.300. The van der Waals surface area contributed by atoms with Gasteiger partial charge in [-0.25, -0.2) is 5.84 Å².